The van der Waals surface area contributed by atoms with E-state index >= 15 is 0 Å². The molecule has 2 unspecified atom stereocenters. The highest BCUT2D eigenvalue weighted by molar-refractivity contribution is 5.78. The van der Waals surface area contributed by atoms with Gasteiger partial charge in [0.1, 0.15) is 6.17 Å². The van der Waals surface area contributed by atoms with E-state index in [1.807, 2.05) is 13.8 Å². The van der Waals surface area contributed by atoms with Crippen molar-refractivity contribution in [2.75, 3.05) is 14.1 Å². The molecule has 1 fully saturated rings. The smallest absolute Gasteiger partial charge is 0.319 e. The van der Waals surface area contributed by atoms with E-state index in [0.717, 1.165) is 0 Å². The van der Waals surface area contributed by atoms with E-state index in [4.69, 9.17) is 0 Å². The van der Waals surface area contributed by atoms with Crippen molar-refractivity contribution in [2.24, 2.45) is 11.3 Å². The first-order chi connectivity index (χ1) is 8.21. The zero-order valence-electron chi connectivity index (χ0n) is 12.0. The first-order valence-electron chi connectivity index (χ1n) is 6.23. The van der Waals surface area contributed by atoms with Crippen molar-refractivity contribution in [3.05, 3.63) is 0 Å². The molecule has 1 aliphatic heterocycles. The summed E-state index contributed by atoms with van der Waals surface area (Å²) >= 11 is 0. The standard InChI is InChI=1S/C12H24N4O2/c1-7(2)8-12(3,4)9(15-10(17)13-5)16(6)11(18)14-8/h7-9H,1-6H3,(H,14,18)(H2,13,15,17). The topological polar surface area (TPSA) is 73.5 Å². The Morgan fingerprint density at radius 1 is 1.44 bits per heavy atom. The van der Waals surface area contributed by atoms with Crippen molar-refractivity contribution in [1.82, 2.24) is 20.9 Å². The molecule has 0 aromatic rings. The summed E-state index contributed by atoms with van der Waals surface area (Å²) in [6.07, 6.45) is -0.335. The van der Waals surface area contributed by atoms with Gasteiger partial charge < -0.3 is 20.9 Å². The molecule has 0 aliphatic carbocycles. The van der Waals surface area contributed by atoms with Gasteiger partial charge in [0.05, 0.1) is 0 Å². The van der Waals surface area contributed by atoms with E-state index in [1.165, 1.54) is 4.90 Å². The molecule has 18 heavy (non-hydrogen) atoms. The van der Waals surface area contributed by atoms with Crippen molar-refractivity contribution in [2.45, 2.75) is 39.9 Å². The van der Waals surface area contributed by atoms with Crippen LogP contribution in [0.5, 0.6) is 0 Å². The minimum Gasteiger partial charge on any atom is -0.341 e. The summed E-state index contributed by atoms with van der Waals surface area (Å²) in [5.74, 6) is 0.298. The Hall–Kier alpha value is -1.46. The SMILES string of the molecule is CNC(=O)NC1N(C)C(=O)NC(C(C)C)C1(C)C. The van der Waals surface area contributed by atoms with E-state index in [-0.39, 0.29) is 29.7 Å². The van der Waals surface area contributed by atoms with Crippen molar-refractivity contribution in [3.8, 4) is 0 Å². The highest BCUT2D eigenvalue weighted by Gasteiger charge is 2.48. The molecule has 1 saturated heterocycles. The molecule has 4 amide bonds. The van der Waals surface area contributed by atoms with Gasteiger partial charge in [0.15, 0.2) is 0 Å². The lowest BCUT2D eigenvalue weighted by atomic mass is 9.74. The molecule has 6 nitrogen and oxygen atoms in total. The number of amides is 4. The molecule has 0 bridgehead atoms. The number of nitrogens with one attached hydrogen (secondary N) is 3. The molecule has 2 atom stereocenters. The number of hydrogen-bond acceptors (Lipinski definition) is 2. The van der Waals surface area contributed by atoms with Gasteiger partial charge in [-0.05, 0) is 5.92 Å². The molecule has 1 heterocycles. The molecule has 6 heteroatoms. The molecule has 3 N–H and O–H groups in total. The van der Waals surface area contributed by atoms with Crippen molar-refractivity contribution >= 4 is 12.1 Å². The lowest BCUT2D eigenvalue weighted by Gasteiger charge is -2.51. The second-order valence-electron chi connectivity index (χ2n) is 5.73. The van der Waals surface area contributed by atoms with Gasteiger partial charge in [-0.2, -0.15) is 0 Å². The number of rotatable bonds is 2. The number of carbonyl (C=O) groups excluding carboxylic acids is 2. The summed E-state index contributed by atoms with van der Waals surface area (Å²) in [6.45, 7) is 8.23. The van der Waals surface area contributed by atoms with Crippen molar-refractivity contribution < 1.29 is 9.59 Å². The predicted octanol–water partition coefficient (Wildman–Crippen LogP) is 0.947. The molecule has 0 aromatic carbocycles. The minimum atomic E-state index is -0.335. The number of nitrogens with zero attached hydrogens (tertiary/aromatic N) is 1. The normalized spacial score (nSPS) is 26.8. The minimum absolute atomic E-state index is 0.0170. The summed E-state index contributed by atoms with van der Waals surface area (Å²) < 4.78 is 0. The van der Waals surface area contributed by atoms with Gasteiger partial charge in [0.2, 0.25) is 0 Å². The first-order valence-corrected chi connectivity index (χ1v) is 6.23. The van der Waals surface area contributed by atoms with Crippen LogP contribution in [0.25, 0.3) is 0 Å². The first kappa shape index (κ1) is 14.6. The number of carbonyl (C=O) groups is 2. The van der Waals surface area contributed by atoms with Crippen molar-refractivity contribution in [3.63, 3.8) is 0 Å². The molecule has 0 radical (unpaired) electrons. The molecule has 0 spiro atoms. The van der Waals surface area contributed by atoms with Crippen LogP contribution >= 0.6 is 0 Å². The third-order valence-corrected chi connectivity index (χ3v) is 3.65. The van der Waals surface area contributed by atoms with E-state index < -0.39 is 0 Å². The second-order valence-corrected chi connectivity index (χ2v) is 5.73. The Labute approximate surface area is 108 Å². The molecule has 104 valence electrons. The molecule has 0 aromatic heterocycles. The van der Waals surface area contributed by atoms with Crippen LogP contribution in [-0.2, 0) is 0 Å². The third kappa shape index (κ3) is 2.52. The summed E-state index contributed by atoms with van der Waals surface area (Å²) in [7, 11) is 3.25. The fraction of sp³-hybridized carbons (Fsp3) is 0.833. The fourth-order valence-electron chi connectivity index (χ4n) is 2.71. The average Bonchev–Trinajstić information content (AvgIpc) is 2.28. The maximum Gasteiger partial charge on any atom is 0.319 e. The Kier molecular flexibility index (Phi) is 4.09. The lowest BCUT2D eigenvalue weighted by molar-refractivity contribution is 0.0284. The van der Waals surface area contributed by atoms with E-state index in [9.17, 15) is 9.59 Å². The van der Waals surface area contributed by atoms with E-state index in [1.54, 1.807) is 14.1 Å². The highest BCUT2D eigenvalue weighted by Crippen LogP contribution is 2.34. The quantitative estimate of drug-likeness (QED) is 0.688. The van der Waals surface area contributed by atoms with Gasteiger partial charge in [-0.3, -0.25) is 0 Å². The Morgan fingerprint density at radius 3 is 2.44 bits per heavy atom. The largest absolute Gasteiger partial charge is 0.341 e. The maximum absolute atomic E-state index is 11.9. The predicted molar refractivity (Wildman–Crippen MR) is 70.1 cm³/mol. The molecular weight excluding hydrogens is 232 g/mol. The molecule has 1 rings (SSSR count). The fourth-order valence-corrected chi connectivity index (χ4v) is 2.71. The molecular formula is C12H24N4O2. The number of hydrogen-bond donors (Lipinski definition) is 3. The zero-order valence-corrected chi connectivity index (χ0v) is 12.0. The maximum atomic E-state index is 11.9. The average molecular weight is 256 g/mol. The van der Waals surface area contributed by atoms with Crippen LogP contribution in [0.3, 0.4) is 0 Å². The van der Waals surface area contributed by atoms with Gasteiger partial charge in [-0.15, -0.1) is 0 Å². The Bertz CT molecular complexity index is 341. The van der Waals surface area contributed by atoms with Gasteiger partial charge >= 0.3 is 12.1 Å². The van der Waals surface area contributed by atoms with Gasteiger partial charge in [-0.25, -0.2) is 9.59 Å². The van der Waals surface area contributed by atoms with Crippen LogP contribution < -0.4 is 16.0 Å². The van der Waals surface area contributed by atoms with Crippen LogP contribution in [0.2, 0.25) is 0 Å². The zero-order chi connectivity index (χ0) is 14.1. The Morgan fingerprint density at radius 2 is 2.00 bits per heavy atom. The van der Waals surface area contributed by atoms with Gasteiger partial charge in [0, 0.05) is 25.6 Å². The lowest BCUT2D eigenvalue weighted by Crippen LogP contribution is -2.71. The summed E-state index contributed by atoms with van der Waals surface area (Å²) in [5.41, 5.74) is -0.261. The van der Waals surface area contributed by atoms with Gasteiger partial charge in [-0.1, -0.05) is 27.7 Å². The van der Waals surface area contributed by atoms with Crippen LogP contribution in [0.4, 0.5) is 9.59 Å². The highest BCUT2D eigenvalue weighted by atomic mass is 16.2. The summed E-state index contributed by atoms with van der Waals surface area (Å²) in [6, 6.07) is -0.421. The van der Waals surface area contributed by atoms with Crippen LogP contribution in [0, 0.1) is 11.3 Å². The van der Waals surface area contributed by atoms with Gasteiger partial charge in [0.25, 0.3) is 0 Å². The van der Waals surface area contributed by atoms with Crippen LogP contribution in [0.1, 0.15) is 27.7 Å². The summed E-state index contributed by atoms with van der Waals surface area (Å²) in [5, 5.41) is 8.35. The van der Waals surface area contributed by atoms with Crippen molar-refractivity contribution in [1.29, 1.82) is 0 Å². The molecule has 0 saturated carbocycles. The number of urea groups is 2. The van der Waals surface area contributed by atoms with Crippen LogP contribution in [-0.4, -0.2) is 43.3 Å². The third-order valence-electron chi connectivity index (χ3n) is 3.65. The van der Waals surface area contributed by atoms with E-state index in [0.29, 0.717) is 5.92 Å². The Balaban J connectivity index is 3.01. The van der Waals surface area contributed by atoms with Crippen LogP contribution in [0.15, 0.2) is 0 Å². The van der Waals surface area contributed by atoms with E-state index in [2.05, 4.69) is 29.8 Å². The second kappa shape index (κ2) is 5.04. The molecule has 1 aliphatic rings. The summed E-state index contributed by atoms with van der Waals surface area (Å²) in [4.78, 5) is 25.0. The monoisotopic (exact) mass is 256 g/mol.